The lowest BCUT2D eigenvalue weighted by atomic mass is 9.91. The minimum atomic E-state index is -0.221. The first kappa shape index (κ1) is 18.9. The number of aryl methyl sites for hydroxylation is 1. The molecule has 0 aliphatic heterocycles. The molecule has 3 N–H and O–H groups in total. The summed E-state index contributed by atoms with van der Waals surface area (Å²) in [6.07, 6.45) is 0.875. The Morgan fingerprint density at radius 3 is 2.45 bits per heavy atom. The number of carbonyl (C=O) groups is 1. The molecule has 0 saturated carbocycles. The first-order valence-electron chi connectivity index (χ1n) is 6.69. The molecule has 1 rings (SSSR count). The Kier molecular flexibility index (Phi) is 6.71. The smallest absolute Gasteiger partial charge is 0.229 e. The molecule has 0 aliphatic carbocycles. The van der Waals surface area contributed by atoms with E-state index in [4.69, 9.17) is 5.73 Å². The second kappa shape index (κ2) is 7.09. The van der Waals surface area contributed by atoms with E-state index in [2.05, 4.69) is 31.2 Å². The second-order valence-corrected chi connectivity index (χ2v) is 6.52. The molecular formula is C14H27ClN4O. The number of rotatable bonds is 4. The standard InChI is InChI=1S/C14H26N4O.ClH/c1-9(10(2)15)13(19)16-12-7-11(17-18(12)6)8-14(3,4)5;/h7,9-10H,8,15H2,1-6H3,(H,16,19);1H. The van der Waals surface area contributed by atoms with Crippen LogP contribution in [0.5, 0.6) is 0 Å². The summed E-state index contributed by atoms with van der Waals surface area (Å²) in [5.74, 6) is 0.429. The van der Waals surface area contributed by atoms with Gasteiger partial charge >= 0.3 is 0 Å². The zero-order chi connectivity index (χ0) is 14.8. The lowest BCUT2D eigenvalue weighted by molar-refractivity contribution is -0.119. The van der Waals surface area contributed by atoms with E-state index < -0.39 is 0 Å². The van der Waals surface area contributed by atoms with Crippen LogP contribution in [0.3, 0.4) is 0 Å². The summed E-state index contributed by atoms with van der Waals surface area (Å²) in [5.41, 5.74) is 6.89. The highest BCUT2D eigenvalue weighted by Crippen LogP contribution is 2.21. The predicted octanol–water partition coefficient (Wildman–Crippen LogP) is 2.35. The van der Waals surface area contributed by atoms with Gasteiger partial charge in [-0.3, -0.25) is 9.48 Å². The molecule has 2 atom stereocenters. The Morgan fingerprint density at radius 2 is 2.00 bits per heavy atom. The number of nitrogens with zero attached hydrogens (tertiary/aromatic N) is 2. The van der Waals surface area contributed by atoms with Crippen LogP contribution in [0.2, 0.25) is 0 Å². The Labute approximate surface area is 127 Å². The van der Waals surface area contributed by atoms with Crippen molar-refractivity contribution in [3.63, 3.8) is 0 Å². The average Bonchev–Trinajstić information content (AvgIpc) is 2.54. The van der Waals surface area contributed by atoms with Gasteiger partial charge in [0.15, 0.2) is 0 Å². The SMILES string of the molecule is CC(N)C(C)C(=O)Nc1cc(CC(C)(C)C)nn1C.Cl. The van der Waals surface area contributed by atoms with Gasteiger partial charge in [-0.15, -0.1) is 12.4 Å². The molecule has 0 aliphatic rings. The summed E-state index contributed by atoms with van der Waals surface area (Å²) in [6, 6.07) is 1.76. The average molecular weight is 303 g/mol. The van der Waals surface area contributed by atoms with Crippen molar-refractivity contribution in [3.05, 3.63) is 11.8 Å². The van der Waals surface area contributed by atoms with Crippen molar-refractivity contribution in [3.8, 4) is 0 Å². The first-order valence-corrected chi connectivity index (χ1v) is 6.69. The predicted molar refractivity (Wildman–Crippen MR) is 85.1 cm³/mol. The maximum absolute atomic E-state index is 12.0. The minimum Gasteiger partial charge on any atom is -0.327 e. The molecule has 1 amide bonds. The first-order chi connectivity index (χ1) is 8.60. The number of carbonyl (C=O) groups excluding carboxylic acids is 1. The summed E-state index contributed by atoms with van der Waals surface area (Å²) < 4.78 is 1.70. The highest BCUT2D eigenvalue weighted by Gasteiger charge is 2.20. The fourth-order valence-corrected chi connectivity index (χ4v) is 1.75. The number of amides is 1. The lowest BCUT2D eigenvalue weighted by Crippen LogP contribution is -2.34. The zero-order valence-electron chi connectivity index (χ0n) is 13.2. The summed E-state index contributed by atoms with van der Waals surface area (Å²) in [5, 5.41) is 7.30. The Balaban J connectivity index is 0.00000361. The molecule has 0 spiro atoms. The molecule has 0 bridgehead atoms. The van der Waals surface area contributed by atoms with Gasteiger partial charge in [0.05, 0.1) is 11.6 Å². The van der Waals surface area contributed by atoms with Crippen molar-refractivity contribution in [1.82, 2.24) is 9.78 Å². The fraction of sp³-hybridized carbons (Fsp3) is 0.714. The third kappa shape index (κ3) is 5.51. The van der Waals surface area contributed by atoms with Crippen LogP contribution in [0.1, 0.15) is 40.3 Å². The number of aromatic nitrogens is 2. The van der Waals surface area contributed by atoms with Crippen LogP contribution >= 0.6 is 12.4 Å². The van der Waals surface area contributed by atoms with Gasteiger partial charge in [-0.25, -0.2) is 0 Å². The van der Waals surface area contributed by atoms with Gasteiger partial charge in [-0.05, 0) is 18.8 Å². The Hall–Kier alpha value is -1.07. The second-order valence-electron chi connectivity index (χ2n) is 6.52. The number of nitrogens with two attached hydrogens (primary N) is 1. The maximum atomic E-state index is 12.0. The zero-order valence-corrected chi connectivity index (χ0v) is 14.0. The molecule has 0 fully saturated rings. The molecule has 5 nitrogen and oxygen atoms in total. The van der Waals surface area contributed by atoms with E-state index in [9.17, 15) is 4.79 Å². The molecular weight excluding hydrogens is 276 g/mol. The normalized spacial score (nSPS) is 14.3. The van der Waals surface area contributed by atoms with Gasteiger partial charge in [-0.1, -0.05) is 27.7 Å². The molecule has 116 valence electrons. The van der Waals surface area contributed by atoms with E-state index in [1.165, 1.54) is 0 Å². The van der Waals surface area contributed by atoms with E-state index >= 15 is 0 Å². The van der Waals surface area contributed by atoms with Gasteiger partial charge < -0.3 is 11.1 Å². The monoisotopic (exact) mass is 302 g/mol. The molecule has 1 aromatic heterocycles. The molecule has 1 aromatic rings. The molecule has 20 heavy (non-hydrogen) atoms. The summed E-state index contributed by atoms with van der Waals surface area (Å²) in [7, 11) is 1.83. The number of anilines is 1. The van der Waals surface area contributed by atoms with Crippen LogP contribution in [0.25, 0.3) is 0 Å². The van der Waals surface area contributed by atoms with Crippen LogP contribution in [-0.2, 0) is 18.3 Å². The Morgan fingerprint density at radius 1 is 1.45 bits per heavy atom. The van der Waals surface area contributed by atoms with E-state index in [0.717, 1.165) is 17.9 Å². The van der Waals surface area contributed by atoms with Crippen LogP contribution in [0.15, 0.2) is 6.07 Å². The maximum Gasteiger partial charge on any atom is 0.229 e. The van der Waals surface area contributed by atoms with Gasteiger partial charge in [0.1, 0.15) is 5.82 Å². The number of nitrogens with one attached hydrogen (secondary N) is 1. The minimum absolute atomic E-state index is 0. The molecule has 6 heteroatoms. The quantitative estimate of drug-likeness (QED) is 0.896. The fourth-order valence-electron chi connectivity index (χ4n) is 1.75. The number of hydrogen-bond donors (Lipinski definition) is 2. The van der Waals surface area contributed by atoms with Gasteiger partial charge in [-0.2, -0.15) is 5.10 Å². The van der Waals surface area contributed by atoms with E-state index in [0.29, 0.717) is 0 Å². The largest absolute Gasteiger partial charge is 0.327 e. The Bertz CT molecular complexity index is 449. The molecule has 2 unspecified atom stereocenters. The molecule has 0 aromatic carbocycles. The highest BCUT2D eigenvalue weighted by atomic mass is 35.5. The van der Waals surface area contributed by atoms with Crippen molar-refractivity contribution in [2.45, 2.75) is 47.1 Å². The van der Waals surface area contributed by atoms with Crippen molar-refractivity contribution < 1.29 is 4.79 Å². The highest BCUT2D eigenvalue weighted by molar-refractivity contribution is 5.92. The number of halogens is 1. The summed E-state index contributed by atoms with van der Waals surface area (Å²) in [6.45, 7) is 10.2. The summed E-state index contributed by atoms with van der Waals surface area (Å²) >= 11 is 0. The van der Waals surface area contributed by atoms with E-state index in [-0.39, 0.29) is 35.7 Å². The van der Waals surface area contributed by atoms with Crippen LogP contribution in [0.4, 0.5) is 5.82 Å². The van der Waals surface area contributed by atoms with Crippen molar-refractivity contribution >= 4 is 24.1 Å². The van der Waals surface area contributed by atoms with Crippen molar-refractivity contribution in [2.75, 3.05) is 5.32 Å². The van der Waals surface area contributed by atoms with Crippen LogP contribution in [-0.4, -0.2) is 21.7 Å². The topological polar surface area (TPSA) is 72.9 Å². The third-order valence-electron chi connectivity index (χ3n) is 3.10. The van der Waals surface area contributed by atoms with Crippen LogP contribution in [0, 0.1) is 11.3 Å². The molecule has 0 radical (unpaired) electrons. The molecule has 1 heterocycles. The number of hydrogen-bond acceptors (Lipinski definition) is 3. The molecule has 0 saturated heterocycles. The lowest BCUT2D eigenvalue weighted by Gasteiger charge is -2.15. The van der Waals surface area contributed by atoms with Crippen molar-refractivity contribution in [2.24, 2.45) is 24.1 Å². The summed E-state index contributed by atoms with van der Waals surface area (Å²) in [4.78, 5) is 12.0. The van der Waals surface area contributed by atoms with E-state index in [1.54, 1.807) is 4.68 Å². The van der Waals surface area contributed by atoms with Gasteiger partial charge in [0, 0.05) is 19.2 Å². The van der Waals surface area contributed by atoms with Gasteiger partial charge in [0.2, 0.25) is 5.91 Å². The third-order valence-corrected chi connectivity index (χ3v) is 3.10. The van der Waals surface area contributed by atoms with Gasteiger partial charge in [0.25, 0.3) is 0 Å². The van der Waals surface area contributed by atoms with E-state index in [1.807, 2.05) is 27.0 Å². The van der Waals surface area contributed by atoms with Crippen molar-refractivity contribution in [1.29, 1.82) is 0 Å². The van der Waals surface area contributed by atoms with Crippen LogP contribution < -0.4 is 11.1 Å².